The molecule has 0 aromatic rings. The first-order valence-electron chi connectivity index (χ1n) is 6.81. The fourth-order valence-corrected chi connectivity index (χ4v) is 2.55. The van der Waals surface area contributed by atoms with Crippen molar-refractivity contribution in [1.82, 2.24) is 10.2 Å². The minimum absolute atomic E-state index is 0.705. The number of piperidine rings is 1. The second-order valence-corrected chi connectivity index (χ2v) is 5.08. The van der Waals surface area contributed by atoms with Gasteiger partial charge in [-0.2, -0.15) is 0 Å². The van der Waals surface area contributed by atoms with Gasteiger partial charge in [-0.15, -0.1) is 0 Å². The van der Waals surface area contributed by atoms with Crippen molar-refractivity contribution in [2.24, 2.45) is 0 Å². The van der Waals surface area contributed by atoms with E-state index < -0.39 is 0 Å². The summed E-state index contributed by atoms with van der Waals surface area (Å²) < 4.78 is 0. The lowest BCUT2D eigenvalue weighted by molar-refractivity contribution is 0.113. The lowest BCUT2D eigenvalue weighted by Crippen LogP contribution is -2.43. The fraction of sp³-hybridized carbons (Fsp3) is 0.857. The molecule has 1 heterocycles. The van der Waals surface area contributed by atoms with Crippen LogP contribution in [0.1, 0.15) is 46.0 Å². The van der Waals surface area contributed by atoms with Gasteiger partial charge >= 0.3 is 0 Å². The molecule has 94 valence electrons. The van der Waals surface area contributed by atoms with Crippen LogP contribution < -0.4 is 5.32 Å². The quantitative estimate of drug-likeness (QED) is 0.551. The van der Waals surface area contributed by atoms with Gasteiger partial charge in [-0.05, 0) is 59.7 Å². The van der Waals surface area contributed by atoms with Gasteiger partial charge in [0, 0.05) is 12.1 Å². The Kier molecular flexibility index (Phi) is 6.74. The number of likely N-dealkylation sites (tertiary alicyclic amines) is 1. The normalized spacial score (nSPS) is 23.4. The van der Waals surface area contributed by atoms with Gasteiger partial charge in [-0.25, -0.2) is 0 Å². The molecule has 2 heteroatoms. The van der Waals surface area contributed by atoms with Gasteiger partial charge in [0.25, 0.3) is 0 Å². The van der Waals surface area contributed by atoms with E-state index in [9.17, 15) is 0 Å². The van der Waals surface area contributed by atoms with Crippen LogP contribution in [0.2, 0.25) is 0 Å². The average Bonchev–Trinajstić information content (AvgIpc) is 2.29. The molecule has 0 radical (unpaired) electrons. The maximum atomic E-state index is 3.17. The van der Waals surface area contributed by atoms with Crippen LogP contribution in [0.5, 0.6) is 0 Å². The first kappa shape index (κ1) is 13.7. The zero-order valence-corrected chi connectivity index (χ0v) is 11.2. The van der Waals surface area contributed by atoms with Crippen LogP contribution in [0, 0.1) is 0 Å². The molecule has 0 saturated carbocycles. The predicted molar refractivity (Wildman–Crippen MR) is 71.8 cm³/mol. The first-order valence-corrected chi connectivity index (χ1v) is 6.81. The summed E-state index contributed by atoms with van der Waals surface area (Å²) in [4.78, 5) is 2.67. The van der Waals surface area contributed by atoms with Gasteiger partial charge in [0.05, 0.1) is 0 Å². The zero-order valence-electron chi connectivity index (χ0n) is 11.2. The molecule has 0 spiro atoms. The molecule has 0 aliphatic carbocycles. The van der Waals surface area contributed by atoms with Crippen molar-refractivity contribution in [1.29, 1.82) is 0 Å². The van der Waals surface area contributed by atoms with Gasteiger partial charge in [0.1, 0.15) is 0 Å². The smallest absolute Gasteiger partial charge is 0.0132 e. The average molecular weight is 224 g/mol. The van der Waals surface area contributed by atoms with Crippen LogP contribution in [0.25, 0.3) is 0 Å². The molecule has 1 aliphatic heterocycles. The number of nitrogens with one attached hydrogen (secondary N) is 1. The summed E-state index contributed by atoms with van der Waals surface area (Å²) in [6.07, 6.45) is 11.3. The lowest BCUT2D eigenvalue weighted by atomic mass is 9.97. The molecule has 2 nitrogen and oxygen atoms in total. The maximum Gasteiger partial charge on any atom is 0.0132 e. The molecule has 1 unspecified atom stereocenters. The van der Waals surface area contributed by atoms with E-state index in [0.29, 0.717) is 6.04 Å². The molecule has 0 amide bonds. The second kappa shape index (κ2) is 7.86. The Morgan fingerprint density at radius 2 is 2.12 bits per heavy atom. The molecular formula is C14H28N2. The summed E-state index contributed by atoms with van der Waals surface area (Å²) in [5.41, 5.74) is 0. The minimum Gasteiger partial charge on any atom is -0.319 e. The van der Waals surface area contributed by atoms with E-state index in [1.807, 2.05) is 7.05 Å². The van der Waals surface area contributed by atoms with Gasteiger partial charge in [0.2, 0.25) is 0 Å². The summed E-state index contributed by atoms with van der Waals surface area (Å²) in [6.45, 7) is 7.04. The Morgan fingerprint density at radius 3 is 2.81 bits per heavy atom. The fourth-order valence-electron chi connectivity index (χ4n) is 2.55. The highest BCUT2D eigenvalue weighted by Gasteiger charge is 2.22. The highest BCUT2D eigenvalue weighted by atomic mass is 15.2. The Labute approximate surface area is 101 Å². The van der Waals surface area contributed by atoms with Crippen LogP contribution >= 0.6 is 0 Å². The SMILES string of the molecule is CNCC/C=C\CC1CCCCN1C(C)C. The van der Waals surface area contributed by atoms with Crippen molar-refractivity contribution in [3.63, 3.8) is 0 Å². The molecule has 1 rings (SSSR count). The summed E-state index contributed by atoms with van der Waals surface area (Å²) in [6, 6.07) is 1.50. The number of hydrogen-bond acceptors (Lipinski definition) is 2. The van der Waals surface area contributed by atoms with Crippen LogP contribution in [0.3, 0.4) is 0 Å². The van der Waals surface area contributed by atoms with Crippen LogP contribution in [0.15, 0.2) is 12.2 Å². The van der Waals surface area contributed by atoms with E-state index in [4.69, 9.17) is 0 Å². The van der Waals surface area contributed by atoms with E-state index in [1.54, 1.807) is 0 Å². The van der Waals surface area contributed by atoms with Gasteiger partial charge in [0.15, 0.2) is 0 Å². The van der Waals surface area contributed by atoms with E-state index >= 15 is 0 Å². The summed E-state index contributed by atoms with van der Waals surface area (Å²) >= 11 is 0. The van der Waals surface area contributed by atoms with Crippen molar-refractivity contribution < 1.29 is 0 Å². The Morgan fingerprint density at radius 1 is 1.31 bits per heavy atom. The third-order valence-corrected chi connectivity index (χ3v) is 3.47. The maximum absolute atomic E-state index is 3.17. The van der Waals surface area contributed by atoms with E-state index in [0.717, 1.165) is 19.0 Å². The number of rotatable bonds is 6. The monoisotopic (exact) mass is 224 g/mol. The van der Waals surface area contributed by atoms with Gasteiger partial charge in [-0.1, -0.05) is 18.6 Å². The molecule has 16 heavy (non-hydrogen) atoms. The largest absolute Gasteiger partial charge is 0.319 e. The summed E-state index contributed by atoms with van der Waals surface area (Å²) in [5.74, 6) is 0. The highest BCUT2D eigenvalue weighted by Crippen LogP contribution is 2.22. The molecule has 1 N–H and O–H groups in total. The van der Waals surface area contributed by atoms with Gasteiger partial charge < -0.3 is 5.32 Å². The third-order valence-electron chi connectivity index (χ3n) is 3.47. The molecule has 1 saturated heterocycles. The Bertz CT molecular complexity index is 199. The van der Waals surface area contributed by atoms with Crippen molar-refractivity contribution in [3.05, 3.63) is 12.2 Å². The molecular weight excluding hydrogens is 196 g/mol. The minimum atomic E-state index is 0.705. The van der Waals surface area contributed by atoms with Crippen molar-refractivity contribution in [3.8, 4) is 0 Å². The molecule has 0 bridgehead atoms. The topological polar surface area (TPSA) is 15.3 Å². The van der Waals surface area contributed by atoms with Gasteiger partial charge in [-0.3, -0.25) is 4.90 Å². The van der Waals surface area contributed by atoms with E-state index in [2.05, 4.69) is 36.2 Å². The molecule has 1 fully saturated rings. The van der Waals surface area contributed by atoms with E-state index in [-0.39, 0.29) is 0 Å². The molecule has 0 aromatic carbocycles. The van der Waals surface area contributed by atoms with Crippen molar-refractivity contribution >= 4 is 0 Å². The van der Waals surface area contributed by atoms with E-state index in [1.165, 1.54) is 32.2 Å². The first-order chi connectivity index (χ1) is 7.75. The van der Waals surface area contributed by atoms with Crippen molar-refractivity contribution in [2.45, 2.75) is 58.0 Å². The van der Waals surface area contributed by atoms with Crippen LogP contribution in [-0.4, -0.2) is 37.1 Å². The Hall–Kier alpha value is -0.340. The highest BCUT2D eigenvalue weighted by molar-refractivity contribution is 4.90. The predicted octanol–water partition coefficient (Wildman–Crippen LogP) is 2.81. The molecule has 1 atom stereocenters. The standard InChI is InChI=1S/C14H28N2/c1-13(2)16-12-8-6-10-14(16)9-5-4-7-11-15-3/h4-5,13-15H,6-12H2,1-3H3/b5-4-. The van der Waals surface area contributed by atoms with Crippen LogP contribution in [-0.2, 0) is 0 Å². The number of hydrogen-bond donors (Lipinski definition) is 1. The summed E-state index contributed by atoms with van der Waals surface area (Å²) in [5, 5.41) is 3.17. The summed E-state index contributed by atoms with van der Waals surface area (Å²) in [7, 11) is 2.01. The molecule has 1 aliphatic rings. The van der Waals surface area contributed by atoms with Crippen LogP contribution in [0.4, 0.5) is 0 Å². The lowest BCUT2D eigenvalue weighted by Gasteiger charge is -2.38. The third kappa shape index (κ3) is 4.67. The number of nitrogens with zero attached hydrogens (tertiary/aromatic N) is 1. The van der Waals surface area contributed by atoms with Crippen molar-refractivity contribution in [2.75, 3.05) is 20.1 Å². The zero-order chi connectivity index (χ0) is 11.8. The second-order valence-electron chi connectivity index (χ2n) is 5.08. The Balaban J connectivity index is 2.29. The molecule has 0 aromatic heterocycles.